The van der Waals surface area contributed by atoms with Crippen molar-refractivity contribution >= 4 is 27.8 Å². The fourth-order valence-corrected chi connectivity index (χ4v) is 7.93. The molecular weight excluding hydrogens is 530 g/mol. The van der Waals surface area contributed by atoms with Gasteiger partial charge in [0.25, 0.3) is 0 Å². The molecule has 0 bridgehead atoms. The highest BCUT2D eigenvalue weighted by atomic mass is 15.1. The van der Waals surface area contributed by atoms with Crippen molar-refractivity contribution in [3.8, 4) is 22.3 Å². The highest BCUT2D eigenvalue weighted by Gasteiger charge is 2.36. The Morgan fingerprint density at radius 1 is 0.545 bits per heavy atom. The highest BCUT2D eigenvalue weighted by Crippen LogP contribution is 2.51. The third kappa shape index (κ3) is 4.46. The molecule has 1 saturated carbocycles. The molecule has 1 heteroatoms. The van der Waals surface area contributed by atoms with E-state index >= 15 is 0 Å². The van der Waals surface area contributed by atoms with Crippen LogP contribution in [-0.4, -0.2) is 0 Å². The Hall–Kier alpha value is -4.62. The average Bonchev–Trinajstić information content (AvgIpc) is 3.31. The van der Waals surface area contributed by atoms with Gasteiger partial charge >= 0.3 is 0 Å². The molecule has 1 fully saturated rings. The van der Waals surface area contributed by atoms with Crippen molar-refractivity contribution in [2.24, 2.45) is 0 Å². The van der Waals surface area contributed by atoms with E-state index in [1.165, 1.54) is 98.9 Å². The molecule has 2 aliphatic carbocycles. The Balaban J connectivity index is 1.31. The number of para-hydroxylation sites is 1. The molecule has 44 heavy (non-hydrogen) atoms. The van der Waals surface area contributed by atoms with E-state index in [0.29, 0.717) is 5.92 Å². The third-order valence-electron chi connectivity index (χ3n) is 10.3. The lowest BCUT2D eigenvalue weighted by molar-refractivity contribution is 0.443. The standard InChI is InChI=1S/C43H39N/c1-43(2)39-20-10-8-19-37(39)38-28-27-34(29-40(38)43)44(42-22-12-16-32-15-6-7-17-35(32)42)41-21-11-9-18-36(41)33-25-23-31(24-26-33)30-13-4-3-5-14-30/h6-12,15-30H,3-5,13-14H2,1-2H3. The van der Waals surface area contributed by atoms with Crippen molar-refractivity contribution < 1.29 is 0 Å². The van der Waals surface area contributed by atoms with E-state index in [1.807, 2.05) is 0 Å². The molecule has 8 rings (SSSR count). The molecule has 0 aliphatic heterocycles. The molecule has 0 radical (unpaired) electrons. The second-order valence-corrected chi connectivity index (χ2v) is 13.2. The molecule has 6 aromatic carbocycles. The molecule has 2 aliphatic rings. The first kappa shape index (κ1) is 27.0. The van der Waals surface area contributed by atoms with E-state index in [2.05, 4.69) is 152 Å². The van der Waals surface area contributed by atoms with Crippen LogP contribution >= 0.6 is 0 Å². The van der Waals surface area contributed by atoms with Crippen molar-refractivity contribution in [2.75, 3.05) is 4.90 Å². The molecule has 0 aromatic heterocycles. The number of benzene rings is 6. The Bertz CT molecular complexity index is 1970. The second kappa shape index (κ2) is 10.8. The Morgan fingerprint density at radius 2 is 1.20 bits per heavy atom. The monoisotopic (exact) mass is 569 g/mol. The summed E-state index contributed by atoms with van der Waals surface area (Å²) in [6.45, 7) is 4.73. The summed E-state index contributed by atoms with van der Waals surface area (Å²) in [5.41, 5.74) is 13.0. The third-order valence-corrected chi connectivity index (χ3v) is 10.3. The van der Waals surface area contributed by atoms with Crippen molar-refractivity contribution in [3.05, 3.63) is 150 Å². The maximum absolute atomic E-state index is 2.49. The summed E-state index contributed by atoms with van der Waals surface area (Å²) in [5, 5.41) is 2.50. The van der Waals surface area contributed by atoms with Crippen molar-refractivity contribution in [2.45, 2.75) is 57.3 Å². The minimum Gasteiger partial charge on any atom is -0.309 e. The molecule has 0 amide bonds. The van der Waals surface area contributed by atoms with Gasteiger partial charge in [-0.15, -0.1) is 0 Å². The molecule has 0 atom stereocenters. The van der Waals surface area contributed by atoms with Crippen LogP contribution in [0.2, 0.25) is 0 Å². The molecule has 0 N–H and O–H groups in total. The first-order valence-corrected chi connectivity index (χ1v) is 16.3. The summed E-state index contributed by atoms with van der Waals surface area (Å²) in [6.07, 6.45) is 6.75. The van der Waals surface area contributed by atoms with Crippen molar-refractivity contribution in [3.63, 3.8) is 0 Å². The summed E-state index contributed by atoms with van der Waals surface area (Å²) in [4.78, 5) is 2.49. The minimum atomic E-state index is -0.0686. The van der Waals surface area contributed by atoms with Gasteiger partial charge in [-0.3, -0.25) is 0 Å². The maximum atomic E-state index is 2.49. The van der Waals surface area contributed by atoms with Gasteiger partial charge in [-0.1, -0.05) is 142 Å². The van der Waals surface area contributed by atoms with Crippen LogP contribution < -0.4 is 4.90 Å². The van der Waals surface area contributed by atoms with Crippen molar-refractivity contribution in [1.29, 1.82) is 0 Å². The smallest absolute Gasteiger partial charge is 0.0540 e. The predicted octanol–water partition coefficient (Wildman–Crippen LogP) is 12.3. The van der Waals surface area contributed by atoms with E-state index in [9.17, 15) is 0 Å². The van der Waals surface area contributed by atoms with Gasteiger partial charge in [0.05, 0.1) is 11.4 Å². The van der Waals surface area contributed by atoms with E-state index in [-0.39, 0.29) is 5.41 Å². The Labute approximate surface area is 261 Å². The van der Waals surface area contributed by atoms with Crippen LogP contribution in [0.1, 0.15) is 68.6 Å². The number of anilines is 3. The maximum Gasteiger partial charge on any atom is 0.0540 e. The summed E-state index contributed by atoms with van der Waals surface area (Å²) in [5.74, 6) is 0.708. The predicted molar refractivity (Wildman–Crippen MR) is 187 cm³/mol. The number of hydrogen-bond donors (Lipinski definition) is 0. The first-order valence-electron chi connectivity index (χ1n) is 16.3. The lowest BCUT2D eigenvalue weighted by atomic mass is 9.82. The van der Waals surface area contributed by atoms with Gasteiger partial charge in [-0.2, -0.15) is 0 Å². The fourth-order valence-electron chi connectivity index (χ4n) is 7.93. The number of nitrogens with zero attached hydrogens (tertiary/aromatic N) is 1. The molecule has 0 unspecified atom stereocenters. The van der Waals surface area contributed by atoms with Crippen LogP contribution in [0.15, 0.2) is 133 Å². The van der Waals surface area contributed by atoms with Crippen molar-refractivity contribution in [1.82, 2.24) is 0 Å². The average molecular weight is 570 g/mol. The number of rotatable bonds is 5. The van der Waals surface area contributed by atoms with Crippen LogP contribution in [0.5, 0.6) is 0 Å². The summed E-state index contributed by atoms with van der Waals surface area (Å²) in [7, 11) is 0. The Morgan fingerprint density at radius 3 is 2.05 bits per heavy atom. The summed E-state index contributed by atoms with van der Waals surface area (Å²) in [6, 6.07) is 49.9. The van der Waals surface area contributed by atoms with Gasteiger partial charge in [0, 0.05) is 22.1 Å². The largest absolute Gasteiger partial charge is 0.309 e. The molecule has 6 aromatic rings. The zero-order chi connectivity index (χ0) is 29.7. The van der Waals surface area contributed by atoms with Crippen LogP contribution in [0.3, 0.4) is 0 Å². The lowest BCUT2D eigenvalue weighted by Crippen LogP contribution is -2.17. The quantitative estimate of drug-likeness (QED) is 0.200. The van der Waals surface area contributed by atoms with Gasteiger partial charge in [0.1, 0.15) is 0 Å². The molecule has 0 saturated heterocycles. The van der Waals surface area contributed by atoms with Gasteiger partial charge < -0.3 is 4.90 Å². The molecule has 0 spiro atoms. The zero-order valence-electron chi connectivity index (χ0n) is 25.8. The molecule has 216 valence electrons. The molecule has 0 heterocycles. The van der Waals surface area contributed by atoms with Crippen LogP contribution in [0, 0.1) is 0 Å². The molecule has 1 nitrogen and oxygen atoms in total. The van der Waals surface area contributed by atoms with E-state index in [0.717, 1.165) is 0 Å². The van der Waals surface area contributed by atoms with E-state index in [1.54, 1.807) is 0 Å². The minimum absolute atomic E-state index is 0.0686. The zero-order valence-corrected chi connectivity index (χ0v) is 25.8. The number of fused-ring (bicyclic) bond motifs is 4. The summed E-state index contributed by atoms with van der Waals surface area (Å²) >= 11 is 0. The van der Waals surface area contributed by atoms with Gasteiger partial charge in [-0.25, -0.2) is 0 Å². The fraction of sp³-hybridized carbons (Fsp3) is 0.209. The van der Waals surface area contributed by atoms with Crippen LogP contribution in [-0.2, 0) is 5.41 Å². The SMILES string of the molecule is CC1(C)c2ccccc2-c2ccc(N(c3ccccc3-c3ccc(C4CCCCC4)cc3)c3cccc4ccccc34)cc21. The normalized spacial score (nSPS) is 15.6. The summed E-state index contributed by atoms with van der Waals surface area (Å²) < 4.78 is 0. The van der Waals surface area contributed by atoms with Gasteiger partial charge in [0.15, 0.2) is 0 Å². The highest BCUT2D eigenvalue weighted by molar-refractivity contribution is 6.01. The number of hydrogen-bond acceptors (Lipinski definition) is 1. The van der Waals surface area contributed by atoms with Crippen LogP contribution in [0.4, 0.5) is 17.1 Å². The van der Waals surface area contributed by atoms with E-state index in [4.69, 9.17) is 0 Å². The molecular formula is C43H39N. The Kier molecular flexibility index (Phi) is 6.64. The topological polar surface area (TPSA) is 3.24 Å². The van der Waals surface area contributed by atoms with Crippen LogP contribution in [0.25, 0.3) is 33.0 Å². The lowest BCUT2D eigenvalue weighted by Gasteiger charge is -2.30. The van der Waals surface area contributed by atoms with Gasteiger partial charge in [0.2, 0.25) is 0 Å². The van der Waals surface area contributed by atoms with E-state index < -0.39 is 0 Å². The second-order valence-electron chi connectivity index (χ2n) is 13.2. The first-order chi connectivity index (χ1) is 21.6. The van der Waals surface area contributed by atoms with Gasteiger partial charge in [-0.05, 0) is 81.8 Å².